The van der Waals surface area contributed by atoms with Crippen LogP contribution in [0.5, 0.6) is 0 Å². The number of rotatable bonds is 34. The van der Waals surface area contributed by atoms with Gasteiger partial charge in [0.2, 0.25) is 0 Å². The Morgan fingerprint density at radius 1 is 0.621 bits per heavy atom. The molecule has 0 bridgehead atoms. The second-order valence-electron chi connectivity index (χ2n) is 15.0. The van der Waals surface area contributed by atoms with E-state index >= 15 is 0 Å². The van der Waals surface area contributed by atoms with Crippen molar-refractivity contribution < 1.29 is 68.2 Å². The Balaban J connectivity index is 2.53. The van der Waals surface area contributed by atoms with Crippen LogP contribution < -0.4 is 0 Å². The summed E-state index contributed by atoms with van der Waals surface area (Å²) in [6.07, 6.45) is 20.7. The monoisotopic (exact) mass is 846 g/mol. The Morgan fingerprint density at radius 3 is 1.72 bits per heavy atom. The first-order valence-corrected chi connectivity index (χ1v) is 23.0. The summed E-state index contributed by atoms with van der Waals surface area (Å²) in [5.74, 6) is -1.17. The third kappa shape index (κ3) is 26.1. The first-order chi connectivity index (χ1) is 27.8. The Bertz CT molecular complexity index is 1220. The Labute approximate surface area is 346 Å². The molecule has 58 heavy (non-hydrogen) atoms. The Morgan fingerprint density at radius 2 is 1.14 bits per heavy atom. The average molecular weight is 847 g/mol. The van der Waals surface area contributed by atoms with Crippen molar-refractivity contribution in [2.75, 3.05) is 13.2 Å². The number of esters is 2. The maximum Gasteiger partial charge on any atom is 0.472 e. The molecule has 0 saturated heterocycles. The SMILES string of the molecule is CC/C=C/CC(O)/C=C/C=C/CCCCCCCC(=O)OC[C@H](COP(=O)(O)OC1[C@H](O)[C@H](O)C(O)[C@H](O)[C@H]1O)OC(=O)CCCCCCC/C=C\CCCCCC. The lowest BCUT2D eigenvalue weighted by Crippen LogP contribution is -2.64. The van der Waals surface area contributed by atoms with Gasteiger partial charge in [-0.05, 0) is 64.2 Å². The number of phosphoric ester groups is 1. The second-order valence-corrected chi connectivity index (χ2v) is 16.4. The standard InChI is InChI=1S/C43H75O14P/c1-3-5-7-8-9-10-11-12-13-16-20-23-27-31-37(46)56-35(33-55-58(52,53)57-43-41(50)39(48)38(47)40(49)42(43)51)32-54-36(45)30-26-22-19-17-14-15-18-21-25-29-34(44)28-24-6-4-2/h6,10-11,18,21,24-25,29,34-35,38-44,47-51H,3-5,7-9,12-17,19-20,22-23,26-28,30-33H2,1-2H3,(H,52,53)/b11-10-,21-18+,24-6+,29-25+/t34?,35-,38?,39-,40+,41-,42-,43?/m1/s1. The molecule has 0 aromatic heterocycles. The van der Waals surface area contributed by atoms with E-state index in [1.807, 2.05) is 31.2 Å². The van der Waals surface area contributed by atoms with Gasteiger partial charge in [0.05, 0.1) is 12.7 Å². The van der Waals surface area contributed by atoms with Crippen molar-refractivity contribution >= 4 is 19.8 Å². The minimum absolute atomic E-state index is 0.0700. The number of allylic oxidation sites excluding steroid dienone is 6. The summed E-state index contributed by atoms with van der Waals surface area (Å²) in [5.41, 5.74) is 0. The molecule has 1 saturated carbocycles. The van der Waals surface area contributed by atoms with Crippen LogP contribution in [0.2, 0.25) is 0 Å². The van der Waals surface area contributed by atoms with Crippen molar-refractivity contribution in [1.82, 2.24) is 0 Å². The first-order valence-electron chi connectivity index (χ1n) is 21.5. The molecule has 7 N–H and O–H groups in total. The predicted molar refractivity (Wildman–Crippen MR) is 222 cm³/mol. The largest absolute Gasteiger partial charge is 0.472 e. The molecule has 0 radical (unpaired) electrons. The Hall–Kier alpha value is -2.23. The fraction of sp³-hybridized carbons (Fsp3) is 0.767. The van der Waals surface area contributed by atoms with Gasteiger partial charge in [0.15, 0.2) is 6.10 Å². The molecule has 1 aliphatic carbocycles. The summed E-state index contributed by atoms with van der Waals surface area (Å²) in [5, 5.41) is 59.9. The Kier molecular flexibility index (Phi) is 31.1. The average Bonchev–Trinajstić information content (AvgIpc) is 3.19. The summed E-state index contributed by atoms with van der Waals surface area (Å²) in [6, 6.07) is 0. The van der Waals surface area contributed by atoms with E-state index in [1.165, 1.54) is 25.7 Å². The van der Waals surface area contributed by atoms with Crippen LogP contribution in [0, 0.1) is 0 Å². The van der Waals surface area contributed by atoms with Gasteiger partial charge in [-0.15, -0.1) is 0 Å². The van der Waals surface area contributed by atoms with Crippen molar-refractivity contribution in [2.24, 2.45) is 0 Å². The minimum Gasteiger partial charge on any atom is -0.462 e. The summed E-state index contributed by atoms with van der Waals surface area (Å²) in [6.45, 7) is 3.02. The number of hydrogen-bond donors (Lipinski definition) is 7. The highest BCUT2D eigenvalue weighted by Gasteiger charge is 2.51. The van der Waals surface area contributed by atoms with Crippen LogP contribution in [-0.2, 0) is 32.7 Å². The van der Waals surface area contributed by atoms with Gasteiger partial charge in [-0.2, -0.15) is 0 Å². The van der Waals surface area contributed by atoms with E-state index in [1.54, 1.807) is 6.08 Å². The molecule has 336 valence electrons. The number of aliphatic hydroxyl groups excluding tert-OH is 6. The normalized spacial score (nSPS) is 23.5. The summed E-state index contributed by atoms with van der Waals surface area (Å²) in [4.78, 5) is 35.6. The van der Waals surface area contributed by atoms with Crippen molar-refractivity contribution in [3.63, 3.8) is 0 Å². The second kappa shape index (κ2) is 33.5. The van der Waals surface area contributed by atoms with Crippen molar-refractivity contribution in [3.05, 3.63) is 48.6 Å². The van der Waals surface area contributed by atoms with Crippen molar-refractivity contribution in [2.45, 2.75) is 198 Å². The predicted octanol–water partition coefficient (Wildman–Crippen LogP) is 6.58. The topological polar surface area (TPSA) is 230 Å². The molecule has 1 rings (SSSR count). The lowest BCUT2D eigenvalue weighted by atomic mass is 9.85. The summed E-state index contributed by atoms with van der Waals surface area (Å²) < 4.78 is 33.4. The van der Waals surface area contributed by atoms with Crippen LogP contribution in [0.25, 0.3) is 0 Å². The molecule has 1 fully saturated rings. The molecule has 0 amide bonds. The first kappa shape index (κ1) is 53.8. The third-order valence-corrected chi connectivity index (χ3v) is 10.7. The van der Waals surface area contributed by atoms with Crippen molar-refractivity contribution in [3.8, 4) is 0 Å². The zero-order chi connectivity index (χ0) is 43.0. The molecule has 0 spiro atoms. The molecule has 4 unspecified atom stereocenters. The molecular weight excluding hydrogens is 771 g/mol. The maximum atomic E-state index is 12.8. The van der Waals surface area contributed by atoms with Gasteiger partial charge < -0.3 is 45.0 Å². The van der Waals surface area contributed by atoms with Crippen LogP contribution in [0.4, 0.5) is 0 Å². The lowest BCUT2D eigenvalue weighted by Gasteiger charge is -2.41. The number of ether oxygens (including phenoxy) is 2. The van der Waals surface area contributed by atoms with Crippen LogP contribution in [-0.4, -0.2) is 110 Å². The fourth-order valence-electron chi connectivity index (χ4n) is 6.20. The number of unbranched alkanes of at least 4 members (excludes halogenated alkanes) is 14. The van der Waals surface area contributed by atoms with E-state index < -0.39 is 81.8 Å². The molecule has 15 heteroatoms. The van der Waals surface area contributed by atoms with Crippen LogP contribution >= 0.6 is 7.82 Å². The number of hydrogen-bond acceptors (Lipinski definition) is 13. The van der Waals surface area contributed by atoms with Crippen LogP contribution in [0.15, 0.2) is 48.6 Å². The number of phosphoric acid groups is 1. The molecule has 9 atom stereocenters. The van der Waals surface area contributed by atoms with Gasteiger partial charge in [-0.1, -0.05) is 120 Å². The highest BCUT2D eigenvalue weighted by Crippen LogP contribution is 2.47. The van der Waals surface area contributed by atoms with Gasteiger partial charge in [-0.25, -0.2) is 4.57 Å². The van der Waals surface area contributed by atoms with E-state index in [9.17, 15) is 49.7 Å². The fourth-order valence-corrected chi connectivity index (χ4v) is 7.17. The highest BCUT2D eigenvalue weighted by molar-refractivity contribution is 7.47. The smallest absolute Gasteiger partial charge is 0.462 e. The molecule has 1 aliphatic rings. The quantitative estimate of drug-likeness (QED) is 0.0119. The van der Waals surface area contributed by atoms with Crippen molar-refractivity contribution in [1.29, 1.82) is 0 Å². The number of aliphatic hydroxyl groups is 6. The van der Waals surface area contributed by atoms with E-state index in [4.69, 9.17) is 18.5 Å². The minimum atomic E-state index is -5.13. The van der Waals surface area contributed by atoms with Gasteiger partial charge in [0.1, 0.15) is 43.2 Å². The molecule has 0 aromatic rings. The molecule has 14 nitrogen and oxygen atoms in total. The van der Waals surface area contributed by atoms with E-state index in [0.29, 0.717) is 19.3 Å². The number of carbonyl (C=O) groups is 2. The summed E-state index contributed by atoms with van der Waals surface area (Å²) >= 11 is 0. The van der Waals surface area contributed by atoms with E-state index in [2.05, 4.69) is 25.2 Å². The lowest BCUT2D eigenvalue weighted by molar-refractivity contribution is -0.220. The molecule has 0 aliphatic heterocycles. The third-order valence-electron chi connectivity index (χ3n) is 9.73. The summed E-state index contributed by atoms with van der Waals surface area (Å²) in [7, 11) is -5.13. The zero-order valence-electron chi connectivity index (χ0n) is 34.9. The molecular formula is C43H75O14P. The van der Waals surface area contributed by atoms with Gasteiger partial charge in [-0.3, -0.25) is 18.6 Å². The maximum absolute atomic E-state index is 12.8. The van der Waals surface area contributed by atoms with Gasteiger partial charge in [0, 0.05) is 12.8 Å². The van der Waals surface area contributed by atoms with Crippen LogP contribution in [0.1, 0.15) is 149 Å². The highest BCUT2D eigenvalue weighted by atomic mass is 31.2. The molecule has 0 heterocycles. The van der Waals surface area contributed by atoms with Gasteiger partial charge in [0.25, 0.3) is 0 Å². The van der Waals surface area contributed by atoms with Gasteiger partial charge >= 0.3 is 19.8 Å². The number of carbonyl (C=O) groups excluding carboxylic acids is 2. The van der Waals surface area contributed by atoms with E-state index in [0.717, 1.165) is 77.0 Å². The molecule has 0 aromatic carbocycles. The van der Waals surface area contributed by atoms with Crippen LogP contribution in [0.3, 0.4) is 0 Å². The zero-order valence-corrected chi connectivity index (χ0v) is 35.8. The van der Waals surface area contributed by atoms with E-state index in [-0.39, 0.29) is 12.8 Å².